The van der Waals surface area contributed by atoms with Crippen molar-refractivity contribution in [3.63, 3.8) is 0 Å². The Morgan fingerprint density at radius 3 is 2.79 bits per heavy atom. The molecule has 1 unspecified atom stereocenters. The van der Waals surface area contributed by atoms with Gasteiger partial charge < -0.3 is 20.9 Å². The number of likely N-dealkylation sites (tertiary alicyclic amines) is 1. The summed E-state index contributed by atoms with van der Waals surface area (Å²) in [6.07, 6.45) is 6.22. The minimum atomic E-state index is 0.232. The molecule has 1 fully saturated rings. The molecule has 4 N–H and O–H groups in total. The molecule has 6 nitrogen and oxygen atoms in total. The Hall–Kier alpha value is -1.66. The fourth-order valence-corrected chi connectivity index (χ4v) is 1.93. The minimum Gasteiger partial charge on any atom is -0.352 e. The quantitative estimate of drug-likeness (QED) is 0.594. The third kappa shape index (κ3) is 4.18. The maximum atomic E-state index is 5.90. The summed E-state index contributed by atoms with van der Waals surface area (Å²) < 4.78 is 1.95. The normalized spacial score (nSPS) is 19.1. The SMILES string of the molecule is C=CN=C(c1nccn1C)N1CCC(N)C1.CCN. The van der Waals surface area contributed by atoms with E-state index < -0.39 is 0 Å². The lowest BCUT2D eigenvalue weighted by molar-refractivity contribution is 0.505. The summed E-state index contributed by atoms with van der Waals surface area (Å²) in [4.78, 5) is 10.8. The van der Waals surface area contributed by atoms with Gasteiger partial charge in [-0.2, -0.15) is 0 Å². The molecule has 1 aromatic rings. The number of aliphatic imine (C=N–C) groups is 1. The zero-order chi connectivity index (χ0) is 14.3. The maximum Gasteiger partial charge on any atom is 0.175 e. The molecule has 2 rings (SSSR count). The van der Waals surface area contributed by atoms with Crippen LogP contribution in [0.1, 0.15) is 19.2 Å². The molecular formula is C13H24N6. The fourth-order valence-electron chi connectivity index (χ4n) is 1.93. The number of amidine groups is 1. The predicted octanol–water partition coefficient (Wildman–Crippen LogP) is 0.308. The van der Waals surface area contributed by atoms with Gasteiger partial charge >= 0.3 is 0 Å². The van der Waals surface area contributed by atoms with Crippen molar-refractivity contribution >= 4 is 5.84 Å². The largest absolute Gasteiger partial charge is 0.352 e. The van der Waals surface area contributed by atoms with Gasteiger partial charge in [0.15, 0.2) is 11.7 Å². The van der Waals surface area contributed by atoms with Crippen LogP contribution in [-0.4, -0.2) is 46.0 Å². The van der Waals surface area contributed by atoms with Gasteiger partial charge in [0, 0.05) is 44.8 Å². The Bertz CT molecular complexity index is 423. The Morgan fingerprint density at radius 1 is 1.68 bits per heavy atom. The third-order valence-electron chi connectivity index (χ3n) is 2.76. The highest BCUT2D eigenvalue weighted by atomic mass is 15.3. The lowest BCUT2D eigenvalue weighted by Crippen LogP contribution is -2.34. The van der Waals surface area contributed by atoms with Crippen LogP contribution in [0, 0.1) is 0 Å². The lowest BCUT2D eigenvalue weighted by Gasteiger charge is -2.19. The first-order valence-corrected chi connectivity index (χ1v) is 6.51. The molecule has 19 heavy (non-hydrogen) atoms. The van der Waals surface area contributed by atoms with Crippen molar-refractivity contribution in [2.45, 2.75) is 19.4 Å². The number of nitrogens with zero attached hydrogens (tertiary/aromatic N) is 4. The number of rotatable bonds is 2. The van der Waals surface area contributed by atoms with Crippen molar-refractivity contribution in [1.82, 2.24) is 14.5 Å². The molecule has 106 valence electrons. The summed E-state index contributed by atoms with van der Waals surface area (Å²) in [7, 11) is 1.96. The summed E-state index contributed by atoms with van der Waals surface area (Å²) in [6.45, 7) is 8.06. The van der Waals surface area contributed by atoms with Crippen LogP contribution < -0.4 is 11.5 Å². The van der Waals surface area contributed by atoms with Gasteiger partial charge in [-0.1, -0.05) is 13.5 Å². The summed E-state index contributed by atoms with van der Waals surface area (Å²) in [6, 6.07) is 0.232. The van der Waals surface area contributed by atoms with Gasteiger partial charge in [-0.25, -0.2) is 9.98 Å². The van der Waals surface area contributed by atoms with Crippen LogP contribution in [0.3, 0.4) is 0 Å². The Balaban J connectivity index is 0.000000550. The smallest absolute Gasteiger partial charge is 0.175 e. The van der Waals surface area contributed by atoms with E-state index in [1.165, 1.54) is 0 Å². The molecule has 0 amide bonds. The lowest BCUT2D eigenvalue weighted by atomic mass is 10.3. The molecule has 0 aromatic carbocycles. The summed E-state index contributed by atoms with van der Waals surface area (Å²) in [5.41, 5.74) is 10.7. The third-order valence-corrected chi connectivity index (χ3v) is 2.76. The number of nitrogens with two attached hydrogens (primary N) is 2. The monoisotopic (exact) mass is 264 g/mol. The first-order chi connectivity index (χ1) is 9.13. The molecule has 0 aliphatic carbocycles. The molecule has 1 aromatic heterocycles. The number of aromatic nitrogens is 2. The Morgan fingerprint density at radius 2 is 2.37 bits per heavy atom. The van der Waals surface area contributed by atoms with Gasteiger partial charge in [0.25, 0.3) is 0 Å². The van der Waals surface area contributed by atoms with Crippen molar-refractivity contribution in [2.24, 2.45) is 23.5 Å². The van der Waals surface area contributed by atoms with Crippen molar-refractivity contribution in [1.29, 1.82) is 0 Å². The van der Waals surface area contributed by atoms with Crippen LogP contribution in [0.15, 0.2) is 30.2 Å². The Labute approximate surface area is 114 Å². The molecule has 1 atom stereocenters. The van der Waals surface area contributed by atoms with Crippen LogP contribution in [-0.2, 0) is 7.05 Å². The van der Waals surface area contributed by atoms with Crippen LogP contribution in [0.25, 0.3) is 0 Å². The van der Waals surface area contributed by atoms with Crippen LogP contribution >= 0.6 is 0 Å². The average molecular weight is 264 g/mol. The second-order valence-electron chi connectivity index (χ2n) is 4.40. The van der Waals surface area contributed by atoms with Crippen molar-refractivity contribution in [3.05, 3.63) is 31.0 Å². The van der Waals surface area contributed by atoms with Crippen LogP contribution in [0.2, 0.25) is 0 Å². The van der Waals surface area contributed by atoms with Gasteiger partial charge in [0.1, 0.15) is 0 Å². The topological polar surface area (TPSA) is 85.5 Å². The molecular weight excluding hydrogens is 240 g/mol. The van der Waals surface area contributed by atoms with E-state index in [4.69, 9.17) is 11.5 Å². The highest BCUT2D eigenvalue weighted by Crippen LogP contribution is 2.12. The van der Waals surface area contributed by atoms with Crippen LogP contribution in [0.5, 0.6) is 0 Å². The van der Waals surface area contributed by atoms with E-state index >= 15 is 0 Å². The van der Waals surface area contributed by atoms with Gasteiger partial charge in [0.05, 0.1) is 0 Å². The summed E-state index contributed by atoms with van der Waals surface area (Å²) >= 11 is 0. The number of imidazole rings is 1. The number of hydrogen-bond acceptors (Lipinski definition) is 4. The molecule has 1 aliphatic heterocycles. The van der Waals surface area contributed by atoms with Crippen molar-refractivity contribution in [3.8, 4) is 0 Å². The maximum absolute atomic E-state index is 5.90. The highest BCUT2D eigenvalue weighted by Gasteiger charge is 2.24. The Kier molecular flexibility index (Phi) is 6.24. The highest BCUT2D eigenvalue weighted by molar-refractivity contribution is 5.96. The van der Waals surface area contributed by atoms with Gasteiger partial charge in [0.2, 0.25) is 0 Å². The second kappa shape index (κ2) is 7.70. The first-order valence-electron chi connectivity index (χ1n) is 6.51. The first kappa shape index (κ1) is 15.4. The summed E-state index contributed by atoms with van der Waals surface area (Å²) in [5, 5.41) is 0. The average Bonchev–Trinajstić information content (AvgIpc) is 2.97. The van der Waals surface area contributed by atoms with Gasteiger partial charge in [-0.15, -0.1) is 0 Å². The van der Waals surface area contributed by atoms with Crippen molar-refractivity contribution in [2.75, 3.05) is 19.6 Å². The summed E-state index contributed by atoms with van der Waals surface area (Å²) in [5.74, 6) is 1.71. The van der Waals surface area contributed by atoms with E-state index in [1.807, 2.05) is 24.7 Å². The van der Waals surface area contributed by atoms with E-state index in [0.717, 1.165) is 37.7 Å². The molecule has 0 radical (unpaired) electrons. The van der Waals surface area contributed by atoms with Gasteiger partial charge in [-0.3, -0.25) is 0 Å². The van der Waals surface area contributed by atoms with E-state index in [9.17, 15) is 0 Å². The molecule has 1 saturated heterocycles. The minimum absolute atomic E-state index is 0.232. The van der Waals surface area contributed by atoms with E-state index in [2.05, 4.69) is 21.5 Å². The molecule has 0 spiro atoms. The predicted molar refractivity (Wildman–Crippen MR) is 78.8 cm³/mol. The molecule has 1 aliphatic rings. The van der Waals surface area contributed by atoms with E-state index in [-0.39, 0.29) is 6.04 Å². The van der Waals surface area contributed by atoms with E-state index in [1.54, 1.807) is 12.4 Å². The number of aryl methyl sites for hydroxylation is 1. The zero-order valence-corrected chi connectivity index (χ0v) is 11.8. The molecule has 0 bridgehead atoms. The molecule has 0 saturated carbocycles. The number of hydrogen-bond donors (Lipinski definition) is 2. The standard InChI is InChI=1S/C11H17N5.C2H7N/c1-3-13-11(10-14-5-7-15(10)2)16-6-4-9(12)8-16;1-2-3/h3,5,7,9H,1,4,6,8,12H2,2H3;2-3H2,1H3. The second-order valence-corrected chi connectivity index (χ2v) is 4.40. The molecule has 2 heterocycles. The molecule has 6 heteroatoms. The van der Waals surface area contributed by atoms with Crippen molar-refractivity contribution < 1.29 is 0 Å². The van der Waals surface area contributed by atoms with E-state index in [0.29, 0.717) is 0 Å². The zero-order valence-electron chi connectivity index (χ0n) is 11.8. The van der Waals surface area contributed by atoms with Crippen LogP contribution in [0.4, 0.5) is 0 Å². The fraction of sp³-hybridized carbons (Fsp3) is 0.538. The van der Waals surface area contributed by atoms with Gasteiger partial charge in [-0.05, 0) is 13.0 Å².